The lowest BCUT2D eigenvalue weighted by molar-refractivity contribution is -0.116. The molecule has 0 saturated carbocycles. The first-order valence-corrected chi connectivity index (χ1v) is 16.3. The average Bonchev–Trinajstić information content (AvgIpc) is 3.30. The molecule has 8 nitrogen and oxygen atoms in total. The Labute approximate surface area is 273 Å². The van der Waals surface area contributed by atoms with Gasteiger partial charge >= 0.3 is 0 Å². The summed E-state index contributed by atoms with van der Waals surface area (Å²) in [6.07, 6.45) is 3.11. The highest BCUT2D eigenvalue weighted by Gasteiger charge is 2.49. The molecule has 0 aromatic heterocycles. The topological polar surface area (TPSA) is 123 Å². The fourth-order valence-corrected chi connectivity index (χ4v) is 5.86. The van der Waals surface area contributed by atoms with Gasteiger partial charge in [0.2, 0.25) is 6.29 Å². The van der Waals surface area contributed by atoms with Crippen molar-refractivity contribution in [3.8, 4) is 11.5 Å². The summed E-state index contributed by atoms with van der Waals surface area (Å²) in [4.78, 5) is 26.5. The van der Waals surface area contributed by atoms with Crippen LogP contribution in [0.4, 0.5) is 0 Å². The zero-order chi connectivity index (χ0) is 33.9. The maximum absolute atomic E-state index is 13.4. The third kappa shape index (κ3) is 7.80. The molecule has 0 spiro atoms. The molecule has 0 aliphatic carbocycles. The SMILES string of the molecule is CC(C)=CCc1cc(O[C@@H]2OC[C@](O)(CO)[C@H]2O)c2c(c1)O[C@H](c1ccc(C(=O)C(C)C)c(C(=O)C(C)C)c1)[C@H](CC=C(C)C)C2. The van der Waals surface area contributed by atoms with E-state index in [9.17, 15) is 24.9 Å². The Morgan fingerprint density at radius 1 is 0.978 bits per heavy atom. The van der Waals surface area contributed by atoms with E-state index < -0.39 is 30.7 Å². The molecule has 2 aliphatic rings. The van der Waals surface area contributed by atoms with Crippen molar-refractivity contribution in [1.29, 1.82) is 0 Å². The number of Topliss-reactive ketones (excluding diaryl/α,β-unsaturated/α-hetero) is 2. The Morgan fingerprint density at radius 2 is 1.63 bits per heavy atom. The highest BCUT2D eigenvalue weighted by atomic mass is 16.7. The lowest BCUT2D eigenvalue weighted by Gasteiger charge is -2.36. The van der Waals surface area contributed by atoms with Gasteiger partial charge in [-0.15, -0.1) is 0 Å². The Morgan fingerprint density at radius 3 is 2.22 bits per heavy atom. The average molecular weight is 635 g/mol. The van der Waals surface area contributed by atoms with Gasteiger partial charge in [0.1, 0.15) is 29.3 Å². The highest BCUT2D eigenvalue weighted by Crippen LogP contribution is 2.46. The van der Waals surface area contributed by atoms with Gasteiger partial charge in [-0.05, 0) is 76.3 Å². The van der Waals surface area contributed by atoms with Gasteiger partial charge in [-0.25, -0.2) is 0 Å². The predicted octanol–water partition coefficient (Wildman–Crippen LogP) is 6.34. The van der Waals surface area contributed by atoms with Crippen LogP contribution in [-0.4, -0.2) is 58.1 Å². The molecular weight excluding hydrogens is 584 g/mol. The maximum Gasteiger partial charge on any atom is 0.229 e. The van der Waals surface area contributed by atoms with Crippen molar-refractivity contribution < 1.29 is 39.1 Å². The highest BCUT2D eigenvalue weighted by molar-refractivity contribution is 6.10. The number of benzene rings is 2. The van der Waals surface area contributed by atoms with E-state index in [1.165, 1.54) is 0 Å². The maximum atomic E-state index is 13.4. The minimum absolute atomic E-state index is 0.0502. The number of hydrogen-bond acceptors (Lipinski definition) is 8. The Hall–Kier alpha value is -3.30. The van der Waals surface area contributed by atoms with Crippen LogP contribution < -0.4 is 9.47 Å². The van der Waals surface area contributed by atoms with Crippen LogP contribution in [0.5, 0.6) is 11.5 Å². The second-order valence-electron chi connectivity index (χ2n) is 13.9. The van der Waals surface area contributed by atoms with Crippen LogP contribution in [0.3, 0.4) is 0 Å². The van der Waals surface area contributed by atoms with Crippen molar-refractivity contribution in [2.45, 2.75) is 98.8 Å². The minimum atomic E-state index is -1.81. The normalized spacial score (nSPS) is 23.9. The summed E-state index contributed by atoms with van der Waals surface area (Å²) in [5.41, 5.74) is 3.92. The number of rotatable bonds is 12. The van der Waals surface area contributed by atoms with Gasteiger partial charge in [0, 0.05) is 34.4 Å². The summed E-state index contributed by atoms with van der Waals surface area (Å²) in [7, 11) is 0. The van der Waals surface area contributed by atoms with Crippen molar-refractivity contribution in [2.75, 3.05) is 13.2 Å². The number of ether oxygens (including phenoxy) is 3. The van der Waals surface area contributed by atoms with Crippen LogP contribution in [0.2, 0.25) is 0 Å². The first-order chi connectivity index (χ1) is 21.6. The van der Waals surface area contributed by atoms with Gasteiger partial charge in [-0.1, -0.05) is 63.1 Å². The standard InChI is InChI=1S/C38H50O8/c1-21(2)9-11-25-15-31-30(32(16-25)46-37-36(42)38(43,19-39)20-44-37)18-26(12-10-22(3)4)35(45-31)27-13-14-28(33(40)23(5)6)29(17-27)34(41)24(7)8/h9-10,13-17,23-24,26,35-37,39,42-43H,11-12,18-20H2,1-8H3/t26-,35+,36+,37+,38-/m1/s1. The number of aliphatic hydroxyl groups is 3. The smallest absolute Gasteiger partial charge is 0.229 e. The minimum Gasteiger partial charge on any atom is -0.485 e. The molecule has 250 valence electrons. The van der Waals surface area contributed by atoms with Crippen LogP contribution in [-0.2, 0) is 17.6 Å². The molecule has 1 saturated heterocycles. The van der Waals surface area contributed by atoms with E-state index in [1.807, 2.05) is 79.7 Å². The van der Waals surface area contributed by atoms with Crippen LogP contribution in [0, 0.1) is 17.8 Å². The molecule has 46 heavy (non-hydrogen) atoms. The number of aliphatic hydroxyl groups excluding tert-OH is 2. The molecule has 0 bridgehead atoms. The Kier molecular flexibility index (Phi) is 11.3. The van der Waals surface area contributed by atoms with Gasteiger partial charge < -0.3 is 29.5 Å². The van der Waals surface area contributed by atoms with Crippen molar-refractivity contribution in [3.05, 3.63) is 81.4 Å². The van der Waals surface area contributed by atoms with E-state index in [0.717, 1.165) is 27.8 Å². The first-order valence-electron chi connectivity index (χ1n) is 16.3. The van der Waals surface area contributed by atoms with Crippen molar-refractivity contribution in [3.63, 3.8) is 0 Å². The van der Waals surface area contributed by atoms with E-state index in [0.29, 0.717) is 41.9 Å². The summed E-state index contributed by atoms with van der Waals surface area (Å²) in [5, 5.41) is 31.0. The van der Waals surface area contributed by atoms with Crippen molar-refractivity contribution in [1.82, 2.24) is 0 Å². The molecule has 0 amide bonds. The van der Waals surface area contributed by atoms with Gasteiger partial charge in [-0.3, -0.25) is 9.59 Å². The number of allylic oxidation sites excluding steroid dienone is 4. The number of fused-ring (bicyclic) bond motifs is 1. The fourth-order valence-electron chi connectivity index (χ4n) is 5.86. The molecule has 2 aliphatic heterocycles. The molecule has 5 atom stereocenters. The van der Waals surface area contributed by atoms with Gasteiger partial charge in [-0.2, -0.15) is 0 Å². The number of ketones is 2. The molecule has 2 aromatic rings. The Bertz CT molecular complexity index is 1490. The quantitative estimate of drug-likeness (QED) is 0.183. The van der Waals surface area contributed by atoms with E-state index in [2.05, 4.69) is 12.2 Å². The predicted molar refractivity (Wildman–Crippen MR) is 177 cm³/mol. The lowest BCUT2D eigenvalue weighted by atomic mass is 9.81. The molecule has 1 fully saturated rings. The summed E-state index contributed by atoms with van der Waals surface area (Å²) < 4.78 is 18.7. The van der Waals surface area contributed by atoms with Crippen LogP contribution >= 0.6 is 0 Å². The molecule has 0 radical (unpaired) electrons. The van der Waals surface area contributed by atoms with Crippen LogP contribution in [0.15, 0.2) is 53.6 Å². The molecule has 2 heterocycles. The van der Waals surface area contributed by atoms with Crippen LogP contribution in [0.1, 0.15) is 105 Å². The third-order valence-electron chi connectivity index (χ3n) is 8.73. The number of carbonyl (C=O) groups excluding carboxylic acids is 2. The molecule has 8 heteroatoms. The van der Waals surface area contributed by atoms with E-state index in [1.54, 1.807) is 6.07 Å². The molecule has 3 N–H and O–H groups in total. The molecule has 2 aromatic carbocycles. The summed E-state index contributed by atoms with van der Waals surface area (Å²) in [6, 6.07) is 9.43. The second-order valence-corrected chi connectivity index (χ2v) is 13.9. The van der Waals surface area contributed by atoms with Crippen LogP contribution in [0.25, 0.3) is 0 Å². The fraction of sp³-hybridized carbons (Fsp3) is 0.526. The van der Waals surface area contributed by atoms with Gasteiger partial charge in [0.25, 0.3) is 0 Å². The number of hydrogen-bond donors (Lipinski definition) is 3. The van der Waals surface area contributed by atoms with E-state index in [4.69, 9.17) is 14.2 Å². The Balaban J connectivity index is 1.82. The van der Waals surface area contributed by atoms with Crippen molar-refractivity contribution in [2.24, 2.45) is 17.8 Å². The first kappa shape index (κ1) is 35.6. The zero-order valence-corrected chi connectivity index (χ0v) is 28.4. The molecular formula is C38H50O8. The third-order valence-corrected chi connectivity index (χ3v) is 8.73. The van der Waals surface area contributed by atoms with Crippen molar-refractivity contribution >= 4 is 11.6 Å². The summed E-state index contributed by atoms with van der Waals surface area (Å²) in [6.45, 7) is 14.6. The zero-order valence-electron chi connectivity index (χ0n) is 28.4. The molecule has 0 unspecified atom stereocenters. The van der Waals surface area contributed by atoms with Gasteiger partial charge in [0.15, 0.2) is 11.6 Å². The summed E-state index contributed by atoms with van der Waals surface area (Å²) in [5.74, 6) is 0.374. The number of carbonyl (C=O) groups is 2. The van der Waals surface area contributed by atoms with E-state index in [-0.39, 0.29) is 35.9 Å². The summed E-state index contributed by atoms with van der Waals surface area (Å²) >= 11 is 0. The van der Waals surface area contributed by atoms with E-state index >= 15 is 0 Å². The largest absolute Gasteiger partial charge is 0.485 e. The monoisotopic (exact) mass is 634 g/mol. The lowest BCUT2D eigenvalue weighted by Crippen LogP contribution is -2.48. The molecule has 4 rings (SSSR count). The second kappa shape index (κ2) is 14.6. The van der Waals surface area contributed by atoms with Gasteiger partial charge in [0.05, 0.1) is 13.2 Å².